The van der Waals surface area contributed by atoms with Gasteiger partial charge in [0.25, 0.3) is 11.6 Å². The highest BCUT2D eigenvalue weighted by Crippen LogP contribution is 2.23. The SMILES string of the molecule is Cc1ccc(CN(C)C(=O)c2ccc([N+](=O)[O-])cc2Cl)cc1. The molecule has 0 aliphatic heterocycles. The summed E-state index contributed by atoms with van der Waals surface area (Å²) < 4.78 is 0. The van der Waals surface area contributed by atoms with E-state index in [0.717, 1.165) is 11.1 Å². The smallest absolute Gasteiger partial charge is 0.270 e. The molecule has 1 amide bonds. The van der Waals surface area contributed by atoms with Gasteiger partial charge >= 0.3 is 0 Å². The molecule has 2 rings (SSSR count). The number of hydrogen-bond acceptors (Lipinski definition) is 3. The molecule has 0 saturated heterocycles. The fraction of sp³-hybridized carbons (Fsp3) is 0.188. The van der Waals surface area contributed by atoms with Crippen molar-refractivity contribution in [3.8, 4) is 0 Å². The average molecular weight is 319 g/mol. The topological polar surface area (TPSA) is 63.5 Å². The van der Waals surface area contributed by atoms with Crippen molar-refractivity contribution in [1.29, 1.82) is 0 Å². The molecule has 5 nitrogen and oxygen atoms in total. The number of carbonyl (C=O) groups excluding carboxylic acids is 1. The fourth-order valence-electron chi connectivity index (χ4n) is 2.04. The van der Waals surface area contributed by atoms with Gasteiger partial charge in [0, 0.05) is 25.7 Å². The van der Waals surface area contributed by atoms with E-state index < -0.39 is 4.92 Å². The number of non-ortho nitro benzene ring substituents is 1. The summed E-state index contributed by atoms with van der Waals surface area (Å²) in [5.41, 5.74) is 2.26. The molecule has 0 atom stereocenters. The largest absolute Gasteiger partial charge is 0.337 e. The molecule has 114 valence electrons. The predicted molar refractivity (Wildman–Crippen MR) is 85.1 cm³/mol. The lowest BCUT2D eigenvalue weighted by atomic mass is 10.1. The number of hydrogen-bond donors (Lipinski definition) is 0. The van der Waals surface area contributed by atoms with Crippen molar-refractivity contribution in [2.75, 3.05) is 7.05 Å². The van der Waals surface area contributed by atoms with Crippen molar-refractivity contribution in [3.05, 3.63) is 74.3 Å². The van der Waals surface area contributed by atoms with Gasteiger partial charge in [-0.25, -0.2) is 0 Å². The van der Waals surface area contributed by atoms with Crippen LogP contribution in [0.4, 0.5) is 5.69 Å². The van der Waals surface area contributed by atoms with Crippen molar-refractivity contribution in [2.24, 2.45) is 0 Å². The Labute approximate surface area is 133 Å². The second-order valence-electron chi connectivity index (χ2n) is 5.07. The predicted octanol–water partition coefficient (Wildman–Crippen LogP) is 3.83. The molecule has 0 aromatic heterocycles. The number of amides is 1. The quantitative estimate of drug-likeness (QED) is 0.635. The zero-order valence-corrected chi connectivity index (χ0v) is 13.0. The zero-order chi connectivity index (χ0) is 16.3. The highest BCUT2D eigenvalue weighted by molar-refractivity contribution is 6.34. The number of nitro benzene ring substituents is 1. The van der Waals surface area contributed by atoms with Crippen LogP contribution >= 0.6 is 11.6 Å². The van der Waals surface area contributed by atoms with Crippen LogP contribution in [0, 0.1) is 17.0 Å². The molecule has 0 fully saturated rings. The molecule has 0 radical (unpaired) electrons. The molecule has 2 aromatic carbocycles. The number of halogens is 1. The maximum atomic E-state index is 12.4. The van der Waals surface area contributed by atoms with Crippen molar-refractivity contribution in [3.63, 3.8) is 0 Å². The van der Waals surface area contributed by atoms with Gasteiger partial charge in [0.15, 0.2) is 0 Å². The van der Waals surface area contributed by atoms with Crippen molar-refractivity contribution < 1.29 is 9.72 Å². The van der Waals surface area contributed by atoms with Crippen LogP contribution in [0.1, 0.15) is 21.5 Å². The molecule has 0 bridgehead atoms. The van der Waals surface area contributed by atoms with Gasteiger partial charge in [0.1, 0.15) is 0 Å². The van der Waals surface area contributed by atoms with Gasteiger partial charge in [0.05, 0.1) is 15.5 Å². The summed E-state index contributed by atoms with van der Waals surface area (Å²) in [5, 5.41) is 10.8. The lowest BCUT2D eigenvalue weighted by Gasteiger charge is -2.18. The van der Waals surface area contributed by atoms with Gasteiger partial charge in [-0.05, 0) is 18.6 Å². The third-order valence-corrected chi connectivity index (χ3v) is 3.59. The summed E-state index contributed by atoms with van der Waals surface area (Å²) in [5.74, 6) is -0.277. The van der Waals surface area contributed by atoms with Crippen LogP contribution in [0.25, 0.3) is 0 Å². The Kier molecular flexibility index (Phi) is 4.78. The Balaban J connectivity index is 2.16. The number of rotatable bonds is 4. The van der Waals surface area contributed by atoms with E-state index in [0.29, 0.717) is 6.54 Å². The molecule has 0 saturated carbocycles. The van der Waals surface area contributed by atoms with Gasteiger partial charge in [-0.15, -0.1) is 0 Å². The minimum Gasteiger partial charge on any atom is -0.337 e. The Hall–Kier alpha value is -2.40. The normalized spacial score (nSPS) is 10.3. The van der Waals surface area contributed by atoms with Gasteiger partial charge in [0.2, 0.25) is 0 Å². The van der Waals surface area contributed by atoms with E-state index in [4.69, 9.17) is 11.6 Å². The molecule has 0 N–H and O–H groups in total. The summed E-state index contributed by atoms with van der Waals surface area (Å²) in [4.78, 5) is 24.1. The van der Waals surface area contributed by atoms with Crippen LogP contribution in [-0.2, 0) is 6.54 Å². The van der Waals surface area contributed by atoms with E-state index in [1.807, 2.05) is 31.2 Å². The van der Waals surface area contributed by atoms with E-state index in [1.165, 1.54) is 23.1 Å². The second kappa shape index (κ2) is 6.58. The lowest BCUT2D eigenvalue weighted by molar-refractivity contribution is -0.384. The van der Waals surface area contributed by atoms with Crippen molar-refractivity contribution in [1.82, 2.24) is 4.90 Å². The third-order valence-electron chi connectivity index (χ3n) is 3.28. The van der Waals surface area contributed by atoms with Crippen LogP contribution in [0.2, 0.25) is 5.02 Å². The van der Waals surface area contributed by atoms with Crippen LogP contribution < -0.4 is 0 Å². The summed E-state index contributed by atoms with van der Waals surface area (Å²) >= 11 is 5.98. The Morgan fingerprint density at radius 2 is 1.86 bits per heavy atom. The Morgan fingerprint density at radius 1 is 1.23 bits per heavy atom. The zero-order valence-electron chi connectivity index (χ0n) is 12.2. The molecule has 0 heterocycles. The minimum atomic E-state index is -0.545. The molecule has 0 spiro atoms. The molecule has 6 heteroatoms. The van der Waals surface area contributed by atoms with Gasteiger partial charge < -0.3 is 4.90 Å². The maximum absolute atomic E-state index is 12.4. The number of nitrogens with zero attached hydrogens (tertiary/aromatic N) is 2. The summed E-state index contributed by atoms with van der Waals surface area (Å²) in [6, 6.07) is 11.7. The van der Waals surface area contributed by atoms with E-state index in [1.54, 1.807) is 7.05 Å². The van der Waals surface area contributed by atoms with Gasteiger partial charge in [-0.3, -0.25) is 14.9 Å². The first kappa shape index (κ1) is 16.0. The van der Waals surface area contributed by atoms with Gasteiger partial charge in [-0.1, -0.05) is 41.4 Å². The lowest BCUT2D eigenvalue weighted by Crippen LogP contribution is -2.26. The van der Waals surface area contributed by atoms with E-state index in [-0.39, 0.29) is 22.2 Å². The van der Waals surface area contributed by atoms with Crippen molar-refractivity contribution >= 4 is 23.2 Å². The average Bonchev–Trinajstić information content (AvgIpc) is 2.48. The fourth-order valence-corrected chi connectivity index (χ4v) is 2.29. The molecule has 0 aliphatic rings. The number of carbonyl (C=O) groups is 1. The highest BCUT2D eigenvalue weighted by atomic mass is 35.5. The molecule has 2 aromatic rings. The second-order valence-corrected chi connectivity index (χ2v) is 5.48. The first-order valence-corrected chi connectivity index (χ1v) is 7.01. The van der Waals surface area contributed by atoms with E-state index in [2.05, 4.69) is 0 Å². The molecule has 22 heavy (non-hydrogen) atoms. The first-order chi connectivity index (χ1) is 10.4. The minimum absolute atomic E-state index is 0.0787. The summed E-state index contributed by atoms with van der Waals surface area (Å²) in [6.07, 6.45) is 0. The number of benzene rings is 2. The summed E-state index contributed by atoms with van der Waals surface area (Å²) in [7, 11) is 1.67. The number of nitro groups is 1. The van der Waals surface area contributed by atoms with E-state index in [9.17, 15) is 14.9 Å². The first-order valence-electron chi connectivity index (χ1n) is 6.63. The van der Waals surface area contributed by atoms with Crippen LogP contribution in [0.5, 0.6) is 0 Å². The van der Waals surface area contributed by atoms with Crippen LogP contribution in [-0.4, -0.2) is 22.8 Å². The number of aryl methyl sites for hydroxylation is 1. The molecular formula is C16H15ClN2O3. The summed E-state index contributed by atoms with van der Waals surface area (Å²) in [6.45, 7) is 2.43. The van der Waals surface area contributed by atoms with Crippen LogP contribution in [0.15, 0.2) is 42.5 Å². The van der Waals surface area contributed by atoms with Crippen molar-refractivity contribution in [2.45, 2.75) is 13.5 Å². The van der Waals surface area contributed by atoms with Gasteiger partial charge in [-0.2, -0.15) is 0 Å². The molecular weight excluding hydrogens is 304 g/mol. The molecule has 0 aliphatic carbocycles. The monoisotopic (exact) mass is 318 g/mol. The highest BCUT2D eigenvalue weighted by Gasteiger charge is 2.18. The van der Waals surface area contributed by atoms with Crippen LogP contribution in [0.3, 0.4) is 0 Å². The Bertz CT molecular complexity index is 714. The van der Waals surface area contributed by atoms with E-state index >= 15 is 0 Å². The Morgan fingerprint density at radius 3 is 2.41 bits per heavy atom. The third kappa shape index (κ3) is 3.62. The standard InChI is InChI=1S/C16H15ClN2O3/c1-11-3-5-12(6-4-11)10-18(2)16(20)14-8-7-13(19(21)22)9-15(14)17/h3-9H,10H2,1-2H3. The molecule has 0 unspecified atom stereocenters. The maximum Gasteiger partial charge on any atom is 0.270 e.